The van der Waals surface area contributed by atoms with Crippen molar-refractivity contribution in [1.29, 1.82) is 0 Å². The van der Waals surface area contributed by atoms with Gasteiger partial charge in [-0.2, -0.15) is 5.10 Å². The first-order valence-corrected chi connectivity index (χ1v) is 9.13. The molecule has 10 nitrogen and oxygen atoms in total. The van der Waals surface area contributed by atoms with Crippen molar-refractivity contribution in [1.82, 2.24) is 34.6 Å². The molecule has 30 heavy (non-hydrogen) atoms. The van der Waals surface area contributed by atoms with Crippen LogP contribution in [0.2, 0.25) is 0 Å². The van der Waals surface area contributed by atoms with E-state index in [9.17, 15) is 9.59 Å². The van der Waals surface area contributed by atoms with Gasteiger partial charge in [0.1, 0.15) is 12.7 Å². The van der Waals surface area contributed by atoms with Gasteiger partial charge in [-0.05, 0) is 29.8 Å². The lowest BCUT2D eigenvalue weighted by molar-refractivity contribution is 0.251. The van der Waals surface area contributed by atoms with Crippen LogP contribution >= 0.6 is 0 Å². The molecule has 1 aromatic carbocycles. The maximum Gasteiger partial charge on any atom is 0.347 e. The monoisotopic (exact) mass is 402 g/mol. The molecule has 0 aliphatic rings. The highest BCUT2D eigenvalue weighted by molar-refractivity contribution is 5.89. The molecule has 0 aliphatic carbocycles. The normalized spacial score (nSPS) is 10.5. The highest BCUT2D eigenvalue weighted by Gasteiger charge is 2.09. The summed E-state index contributed by atoms with van der Waals surface area (Å²) in [5.41, 5.74) is 1.95. The van der Waals surface area contributed by atoms with Gasteiger partial charge >= 0.3 is 11.7 Å². The number of carbonyl (C=O) groups is 1. The van der Waals surface area contributed by atoms with Crippen molar-refractivity contribution in [2.75, 3.05) is 5.32 Å². The van der Waals surface area contributed by atoms with Crippen molar-refractivity contribution in [2.45, 2.75) is 13.1 Å². The van der Waals surface area contributed by atoms with Crippen LogP contribution in [0.1, 0.15) is 11.1 Å². The third-order valence-electron chi connectivity index (χ3n) is 4.26. The second kappa shape index (κ2) is 8.78. The number of anilines is 1. The van der Waals surface area contributed by atoms with E-state index in [4.69, 9.17) is 0 Å². The molecule has 10 heteroatoms. The Morgan fingerprint density at radius 1 is 1.07 bits per heavy atom. The number of urea groups is 1. The summed E-state index contributed by atoms with van der Waals surface area (Å²) in [6, 6.07) is 12.3. The van der Waals surface area contributed by atoms with Gasteiger partial charge in [0.05, 0.1) is 6.54 Å². The average molecular weight is 402 g/mol. The summed E-state index contributed by atoms with van der Waals surface area (Å²) < 4.78 is 3.03. The molecule has 150 valence electrons. The van der Waals surface area contributed by atoms with E-state index in [0.29, 0.717) is 18.1 Å². The molecule has 0 atom stereocenters. The lowest BCUT2D eigenvalue weighted by Crippen LogP contribution is -2.29. The number of carbonyl (C=O) groups excluding carboxylic acids is 1. The van der Waals surface area contributed by atoms with E-state index in [-0.39, 0.29) is 18.3 Å². The molecular weight excluding hydrogens is 384 g/mol. The molecule has 2 N–H and O–H groups in total. The predicted octanol–water partition coefficient (Wildman–Crippen LogP) is 1.59. The van der Waals surface area contributed by atoms with Gasteiger partial charge in [-0.15, -0.1) is 0 Å². The van der Waals surface area contributed by atoms with Gasteiger partial charge in [-0.3, -0.25) is 4.57 Å². The van der Waals surface area contributed by atoms with Crippen molar-refractivity contribution in [3.63, 3.8) is 0 Å². The second-order valence-electron chi connectivity index (χ2n) is 6.36. The fourth-order valence-electron chi connectivity index (χ4n) is 2.89. The van der Waals surface area contributed by atoms with Crippen molar-refractivity contribution >= 4 is 11.7 Å². The van der Waals surface area contributed by atoms with Gasteiger partial charge in [-0.25, -0.2) is 29.2 Å². The largest absolute Gasteiger partial charge is 0.347 e. The molecule has 3 aromatic heterocycles. The number of nitrogens with one attached hydrogen (secondary N) is 2. The number of hydrogen-bond acceptors (Lipinski definition) is 6. The number of nitrogens with zero attached hydrogens (tertiary/aromatic N) is 6. The zero-order valence-electron chi connectivity index (χ0n) is 15.8. The first-order chi connectivity index (χ1) is 14.7. The zero-order valence-corrected chi connectivity index (χ0v) is 15.8. The number of pyridine rings is 1. The Morgan fingerprint density at radius 2 is 1.97 bits per heavy atom. The molecule has 4 rings (SSSR count). The summed E-state index contributed by atoms with van der Waals surface area (Å²) in [4.78, 5) is 36.1. The standard InChI is InChI=1S/C20H18N8O2/c29-19(24-11-16-5-2-7-22-18(16)28-14-21-13-25-28)26-17-6-1-4-15(10-17)12-27-9-3-8-23-20(27)30/h1-10,13-14H,11-12H2,(H2,24,26,29). The molecule has 0 fully saturated rings. The van der Waals surface area contributed by atoms with Crippen LogP contribution in [0.25, 0.3) is 5.82 Å². The van der Waals surface area contributed by atoms with Crippen LogP contribution in [0, 0.1) is 0 Å². The Bertz CT molecular complexity index is 1200. The van der Waals surface area contributed by atoms with Crippen LogP contribution in [0.15, 0.2) is 78.5 Å². The SMILES string of the molecule is O=C(NCc1cccnc1-n1cncn1)Nc1cccc(Cn2cccnc2=O)c1. The van der Waals surface area contributed by atoms with Crippen molar-refractivity contribution < 1.29 is 4.79 Å². The minimum Gasteiger partial charge on any atom is -0.334 e. The Hall–Kier alpha value is -4.34. The van der Waals surface area contributed by atoms with Gasteiger partial charge in [0.2, 0.25) is 0 Å². The Balaban J connectivity index is 1.40. The van der Waals surface area contributed by atoms with Crippen molar-refractivity contribution in [3.8, 4) is 5.82 Å². The number of amides is 2. The smallest absolute Gasteiger partial charge is 0.334 e. The molecule has 0 bridgehead atoms. The van der Waals surface area contributed by atoms with Gasteiger partial charge in [-0.1, -0.05) is 18.2 Å². The van der Waals surface area contributed by atoms with Crippen molar-refractivity contribution in [2.24, 2.45) is 0 Å². The molecule has 0 saturated carbocycles. The topological polar surface area (TPSA) is 120 Å². The van der Waals surface area contributed by atoms with Crippen molar-refractivity contribution in [3.05, 3.63) is 95.3 Å². The van der Waals surface area contributed by atoms with Gasteiger partial charge in [0.25, 0.3) is 0 Å². The summed E-state index contributed by atoms with van der Waals surface area (Å²) in [5.74, 6) is 0.596. The Labute approximate surface area is 171 Å². The van der Waals surface area contributed by atoms with Crippen LogP contribution in [0.3, 0.4) is 0 Å². The minimum atomic E-state index is -0.362. The molecule has 0 saturated heterocycles. The maximum absolute atomic E-state index is 12.4. The summed E-state index contributed by atoms with van der Waals surface area (Å²) in [5, 5.41) is 9.69. The minimum absolute atomic E-state index is 0.264. The highest BCUT2D eigenvalue weighted by Crippen LogP contribution is 2.12. The third kappa shape index (κ3) is 4.55. The zero-order chi connectivity index (χ0) is 20.8. The van der Waals surface area contributed by atoms with E-state index in [0.717, 1.165) is 11.1 Å². The molecule has 4 aromatic rings. The summed E-state index contributed by atoms with van der Waals surface area (Å²) in [6.07, 6.45) is 7.75. The first kappa shape index (κ1) is 19.0. The molecule has 0 spiro atoms. The predicted molar refractivity (Wildman–Crippen MR) is 109 cm³/mol. The fraction of sp³-hybridized carbons (Fsp3) is 0.100. The first-order valence-electron chi connectivity index (χ1n) is 9.13. The Kier molecular flexibility index (Phi) is 5.56. The molecule has 0 radical (unpaired) electrons. The maximum atomic E-state index is 12.4. The molecule has 2 amide bonds. The van der Waals surface area contributed by atoms with Crippen LogP contribution in [-0.4, -0.2) is 35.3 Å². The van der Waals surface area contributed by atoms with Gasteiger partial charge in [0, 0.05) is 36.4 Å². The number of aromatic nitrogens is 6. The fourth-order valence-corrected chi connectivity index (χ4v) is 2.89. The lowest BCUT2D eigenvalue weighted by Gasteiger charge is -2.11. The highest BCUT2D eigenvalue weighted by atomic mass is 16.2. The molecular formula is C20H18N8O2. The van der Waals surface area contributed by atoms with Crippen LogP contribution < -0.4 is 16.3 Å². The Morgan fingerprint density at radius 3 is 2.80 bits per heavy atom. The van der Waals surface area contributed by atoms with Crippen LogP contribution in [0.4, 0.5) is 10.5 Å². The van der Waals surface area contributed by atoms with E-state index in [1.54, 1.807) is 41.6 Å². The summed E-state index contributed by atoms with van der Waals surface area (Å²) in [7, 11) is 0. The van der Waals surface area contributed by atoms with Crippen LogP contribution in [-0.2, 0) is 13.1 Å². The number of hydrogen-bond donors (Lipinski definition) is 2. The summed E-state index contributed by atoms with van der Waals surface area (Å²) in [6.45, 7) is 0.625. The second-order valence-corrected chi connectivity index (χ2v) is 6.36. The lowest BCUT2D eigenvalue weighted by atomic mass is 10.2. The molecule has 3 heterocycles. The van der Waals surface area contributed by atoms with Gasteiger partial charge < -0.3 is 10.6 Å². The number of benzene rings is 1. The van der Waals surface area contributed by atoms with E-state index in [1.165, 1.54) is 17.1 Å². The van der Waals surface area contributed by atoms with E-state index in [2.05, 4.69) is 30.7 Å². The van der Waals surface area contributed by atoms with E-state index in [1.807, 2.05) is 24.3 Å². The quantitative estimate of drug-likeness (QED) is 0.505. The molecule has 0 aliphatic heterocycles. The third-order valence-corrected chi connectivity index (χ3v) is 4.26. The summed E-state index contributed by atoms with van der Waals surface area (Å²) >= 11 is 0. The van der Waals surface area contributed by atoms with Gasteiger partial charge in [0.15, 0.2) is 5.82 Å². The number of rotatable bonds is 6. The van der Waals surface area contributed by atoms with Crippen LogP contribution in [0.5, 0.6) is 0 Å². The average Bonchev–Trinajstić information content (AvgIpc) is 3.29. The van der Waals surface area contributed by atoms with E-state index >= 15 is 0 Å². The molecule has 0 unspecified atom stereocenters. The van der Waals surface area contributed by atoms with E-state index < -0.39 is 0 Å².